The van der Waals surface area contributed by atoms with Gasteiger partial charge in [-0.1, -0.05) is 0 Å². The molecule has 90 valence electrons. The molecule has 4 heteroatoms. The molecule has 6 atom stereocenters. The Balaban J connectivity index is 1.56. The van der Waals surface area contributed by atoms with Crippen LogP contribution in [0.1, 0.15) is 32.1 Å². The van der Waals surface area contributed by atoms with Crippen molar-refractivity contribution in [2.24, 2.45) is 0 Å². The molecule has 1 spiro atoms. The average molecular weight is 226 g/mol. The lowest BCUT2D eigenvalue weighted by atomic mass is 9.78. The molecule has 1 aliphatic carbocycles. The molecule has 0 aromatic rings. The predicted octanol–water partition coefficient (Wildman–Crippen LogP) is 0.615. The zero-order valence-corrected chi connectivity index (χ0v) is 9.30. The maximum atomic E-state index is 9.01. The first-order valence-corrected chi connectivity index (χ1v) is 6.40. The lowest BCUT2D eigenvalue weighted by molar-refractivity contribution is -0.172. The summed E-state index contributed by atoms with van der Waals surface area (Å²) >= 11 is 0. The summed E-state index contributed by atoms with van der Waals surface area (Å²) in [5, 5.41) is 9.01. The molecular formula is C12H18O4. The summed E-state index contributed by atoms with van der Waals surface area (Å²) in [6.07, 6.45) is 6.39. The van der Waals surface area contributed by atoms with Crippen molar-refractivity contribution in [2.45, 2.75) is 68.2 Å². The maximum Gasteiger partial charge on any atom is 0.110 e. The van der Waals surface area contributed by atoms with Gasteiger partial charge in [0.1, 0.15) is 6.10 Å². The van der Waals surface area contributed by atoms with Crippen molar-refractivity contribution in [3.05, 3.63) is 0 Å². The first kappa shape index (κ1) is 9.83. The van der Waals surface area contributed by atoms with Gasteiger partial charge in [0.25, 0.3) is 0 Å². The van der Waals surface area contributed by atoms with E-state index in [1.807, 2.05) is 0 Å². The monoisotopic (exact) mass is 226 g/mol. The smallest absolute Gasteiger partial charge is 0.110 e. The van der Waals surface area contributed by atoms with Crippen molar-refractivity contribution in [3.8, 4) is 0 Å². The van der Waals surface area contributed by atoms with E-state index in [9.17, 15) is 0 Å². The number of aliphatic hydroxyl groups excluding tert-OH is 1. The number of hydrogen-bond donors (Lipinski definition) is 1. The highest BCUT2D eigenvalue weighted by molar-refractivity contribution is 5.14. The van der Waals surface area contributed by atoms with E-state index in [2.05, 4.69) is 0 Å². The van der Waals surface area contributed by atoms with E-state index >= 15 is 0 Å². The van der Waals surface area contributed by atoms with E-state index in [1.165, 1.54) is 0 Å². The highest BCUT2D eigenvalue weighted by Gasteiger charge is 2.66. The van der Waals surface area contributed by atoms with Crippen LogP contribution in [0.25, 0.3) is 0 Å². The fourth-order valence-corrected chi connectivity index (χ4v) is 3.83. The van der Waals surface area contributed by atoms with Crippen LogP contribution in [0.4, 0.5) is 0 Å². The van der Waals surface area contributed by atoms with Gasteiger partial charge in [-0.25, -0.2) is 0 Å². The first-order valence-electron chi connectivity index (χ1n) is 6.40. The lowest BCUT2D eigenvalue weighted by Crippen LogP contribution is -2.50. The van der Waals surface area contributed by atoms with Gasteiger partial charge in [0, 0.05) is 19.4 Å². The molecule has 4 rings (SSSR count). The fourth-order valence-electron chi connectivity index (χ4n) is 3.83. The Bertz CT molecular complexity index is 303. The minimum Gasteiger partial charge on any atom is -0.396 e. The molecule has 16 heavy (non-hydrogen) atoms. The summed E-state index contributed by atoms with van der Waals surface area (Å²) < 4.78 is 17.9. The van der Waals surface area contributed by atoms with Crippen LogP contribution in [0.15, 0.2) is 0 Å². The van der Waals surface area contributed by atoms with Crippen LogP contribution in [0.3, 0.4) is 0 Å². The second-order valence-electron chi connectivity index (χ2n) is 5.60. The highest BCUT2D eigenvalue weighted by atomic mass is 16.6. The zero-order chi connectivity index (χ0) is 10.8. The average Bonchev–Trinajstić information content (AvgIpc) is 2.94. The van der Waals surface area contributed by atoms with Gasteiger partial charge in [-0.2, -0.15) is 0 Å². The molecule has 4 nitrogen and oxygen atoms in total. The van der Waals surface area contributed by atoms with Gasteiger partial charge in [-0.05, 0) is 19.3 Å². The number of hydrogen-bond acceptors (Lipinski definition) is 4. The normalized spacial score (nSPS) is 57.9. The Labute approximate surface area is 94.9 Å². The predicted molar refractivity (Wildman–Crippen MR) is 55.1 cm³/mol. The Kier molecular flexibility index (Phi) is 1.96. The summed E-state index contributed by atoms with van der Waals surface area (Å²) in [4.78, 5) is 0. The van der Waals surface area contributed by atoms with Crippen molar-refractivity contribution in [2.75, 3.05) is 6.61 Å². The van der Waals surface area contributed by atoms with Gasteiger partial charge >= 0.3 is 0 Å². The fraction of sp³-hybridized carbons (Fsp3) is 1.00. The molecule has 4 aliphatic rings. The standard InChI is InChI=1S/C12H18O4/c13-4-3-7-1-2-10-12(16-7)5-8(14-10)11-9(6-12)15-11/h7-11,13H,1-6H2/t7?,8-,9?,10+,11+,12?/m1/s1. The molecule has 0 aromatic heterocycles. The van der Waals surface area contributed by atoms with Gasteiger partial charge < -0.3 is 19.3 Å². The third kappa shape index (κ3) is 1.24. The van der Waals surface area contributed by atoms with Gasteiger partial charge in [-0.15, -0.1) is 0 Å². The summed E-state index contributed by atoms with van der Waals surface area (Å²) in [5.74, 6) is 0. The zero-order valence-electron chi connectivity index (χ0n) is 9.30. The second-order valence-corrected chi connectivity index (χ2v) is 5.60. The molecule has 3 heterocycles. The molecule has 4 fully saturated rings. The summed E-state index contributed by atoms with van der Waals surface area (Å²) in [6, 6.07) is 0. The number of aliphatic hydroxyl groups is 1. The Morgan fingerprint density at radius 2 is 1.94 bits per heavy atom. The van der Waals surface area contributed by atoms with E-state index < -0.39 is 0 Å². The summed E-state index contributed by atoms with van der Waals surface area (Å²) in [7, 11) is 0. The molecule has 2 bridgehead atoms. The minimum absolute atomic E-state index is 0.0829. The van der Waals surface area contributed by atoms with Gasteiger partial charge in [0.05, 0.1) is 30.0 Å². The largest absolute Gasteiger partial charge is 0.396 e. The van der Waals surface area contributed by atoms with Crippen LogP contribution in [0.5, 0.6) is 0 Å². The Hall–Kier alpha value is -0.160. The Morgan fingerprint density at radius 3 is 2.75 bits per heavy atom. The van der Waals surface area contributed by atoms with E-state index in [1.54, 1.807) is 0 Å². The molecular weight excluding hydrogens is 208 g/mol. The van der Waals surface area contributed by atoms with Gasteiger partial charge in [0.2, 0.25) is 0 Å². The van der Waals surface area contributed by atoms with Crippen LogP contribution < -0.4 is 0 Å². The topological polar surface area (TPSA) is 51.2 Å². The second kappa shape index (κ2) is 3.19. The Morgan fingerprint density at radius 1 is 1.12 bits per heavy atom. The van der Waals surface area contributed by atoms with E-state index in [0.29, 0.717) is 12.2 Å². The van der Waals surface area contributed by atoms with Crippen LogP contribution in [-0.2, 0) is 14.2 Å². The van der Waals surface area contributed by atoms with Gasteiger partial charge in [-0.3, -0.25) is 0 Å². The van der Waals surface area contributed by atoms with Gasteiger partial charge in [0.15, 0.2) is 0 Å². The summed E-state index contributed by atoms with van der Waals surface area (Å²) in [5.41, 5.74) is -0.0829. The molecule has 1 saturated carbocycles. The molecule has 1 N–H and O–H groups in total. The van der Waals surface area contributed by atoms with Crippen molar-refractivity contribution in [1.29, 1.82) is 0 Å². The molecule has 3 unspecified atom stereocenters. The molecule has 0 aromatic carbocycles. The number of fused-ring (bicyclic) bond motifs is 3. The SMILES string of the molecule is OCCC1CC[C@@H]2O[C@@H]3CC2(CC2O[C@H]23)O1. The van der Waals surface area contributed by atoms with E-state index in [4.69, 9.17) is 19.3 Å². The van der Waals surface area contributed by atoms with Crippen molar-refractivity contribution in [3.63, 3.8) is 0 Å². The van der Waals surface area contributed by atoms with Crippen molar-refractivity contribution in [1.82, 2.24) is 0 Å². The quantitative estimate of drug-likeness (QED) is 0.701. The van der Waals surface area contributed by atoms with Crippen molar-refractivity contribution >= 4 is 0 Å². The molecule has 3 aliphatic heterocycles. The summed E-state index contributed by atoms with van der Waals surface area (Å²) in [6.45, 7) is 0.220. The van der Waals surface area contributed by atoms with Crippen LogP contribution in [-0.4, -0.2) is 47.8 Å². The molecule has 0 amide bonds. The minimum atomic E-state index is -0.0829. The number of rotatable bonds is 2. The van der Waals surface area contributed by atoms with Crippen LogP contribution >= 0.6 is 0 Å². The lowest BCUT2D eigenvalue weighted by Gasteiger charge is -2.42. The maximum absolute atomic E-state index is 9.01. The number of ether oxygens (including phenoxy) is 3. The van der Waals surface area contributed by atoms with E-state index in [0.717, 1.165) is 32.1 Å². The number of epoxide rings is 1. The first-order chi connectivity index (χ1) is 7.81. The molecule has 0 radical (unpaired) electrons. The molecule has 3 saturated heterocycles. The van der Waals surface area contributed by atoms with E-state index in [-0.39, 0.29) is 30.5 Å². The highest BCUT2D eigenvalue weighted by Crippen LogP contribution is 2.55. The van der Waals surface area contributed by atoms with Crippen molar-refractivity contribution < 1.29 is 19.3 Å². The van der Waals surface area contributed by atoms with Crippen LogP contribution in [0.2, 0.25) is 0 Å². The third-order valence-electron chi connectivity index (χ3n) is 4.61. The third-order valence-corrected chi connectivity index (χ3v) is 4.61. The van der Waals surface area contributed by atoms with Crippen LogP contribution in [0, 0.1) is 0 Å².